The molecule has 0 radical (unpaired) electrons. The van der Waals surface area contributed by atoms with Crippen molar-refractivity contribution < 1.29 is 9.47 Å². The van der Waals surface area contributed by atoms with Gasteiger partial charge in [0.25, 0.3) is 0 Å². The summed E-state index contributed by atoms with van der Waals surface area (Å²) in [6.45, 7) is 11.8. The van der Waals surface area contributed by atoms with E-state index in [4.69, 9.17) is 9.47 Å². The lowest BCUT2D eigenvalue weighted by molar-refractivity contribution is 0.0625. The fourth-order valence-corrected chi connectivity index (χ4v) is 3.31. The van der Waals surface area contributed by atoms with E-state index in [-0.39, 0.29) is 29.6 Å². The number of hydrogen-bond donors (Lipinski definition) is 1. The van der Waals surface area contributed by atoms with E-state index in [0.29, 0.717) is 6.54 Å². The first kappa shape index (κ1) is 25.0. The molecule has 1 fully saturated rings. The molecule has 0 aliphatic carbocycles. The second-order valence-electron chi connectivity index (χ2n) is 8.49. The summed E-state index contributed by atoms with van der Waals surface area (Å²) in [4.78, 5) is 6.67. The summed E-state index contributed by atoms with van der Waals surface area (Å²) in [6, 6.07) is 6.38. The van der Waals surface area contributed by atoms with Crippen molar-refractivity contribution in [3.05, 3.63) is 29.3 Å². The molecule has 28 heavy (non-hydrogen) atoms. The average Bonchev–Trinajstić information content (AvgIpc) is 2.61. The van der Waals surface area contributed by atoms with E-state index in [9.17, 15) is 0 Å². The fraction of sp³-hybridized carbons (Fsp3) is 0.682. The zero-order valence-corrected chi connectivity index (χ0v) is 20.7. The minimum absolute atomic E-state index is 0. The Kier molecular flexibility index (Phi) is 10.6. The van der Waals surface area contributed by atoms with Crippen LogP contribution >= 0.6 is 24.0 Å². The molecule has 1 aliphatic heterocycles. The molecule has 1 heterocycles. The van der Waals surface area contributed by atoms with Crippen LogP contribution in [-0.2, 0) is 11.3 Å². The zero-order chi connectivity index (χ0) is 19.9. The quantitative estimate of drug-likeness (QED) is 0.350. The molecule has 5 nitrogen and oxygen atoms in total. The molecule has 0 spiro atoms. The summed E-state index contributed by atoms with van der Waals surface area (Å²) in [5, 5.41) is 3.49. The first-order valence-electron chi connectivity index (χ1n) is 10.1. The molecule has 1 aliphatic rings. The van der Waals surface area contributed by atoms with E-state index in [2.05, 4.69) is 68.2 Å². The summed E-state index contributed by atoms with van der Waals surface area (Å²) in [7, 11) is 3.95. The van der Waals surface area contributed by atoms with Crippen LogP contribution in [0, 0.1) is 12.8 Å². The molecule has 0 bridgehead atoms. The molecule has 0 atom stereocenters. The number of nitrogens with one attached hydrogen (secondary N) is 1. The second-order valence-corrected chi connectivity index (χ2v) is 8.49. The molecule has 1 saturated heterocycles. The number of aliphatic imine (C=N–C) groups is 1. The SMILES string of the molecule is CN=C(NCc1ccc(C)cc1OC(C)(C)C)N(C)CCC1CCOCC1.I. The minimum Gasteiger partial charge on any atom is -0.488 e. The lowest BCUT2D eigenvalue weighted by Gasteiger charge is -2.27. The zero-order valence-electron chi connectivity index (χ0n) is 18.4. The van der Waals surface area contributed by atoms with Crippen LogP contribution < -0.4 is 10.1 Å². The number of nitrogens with zero attached hydrogens (tertiary/aromatic N) is 2. The van der Waals surface area contributed by atoms with Gasteiger partial charge in [-0.2, -0.15) is 0 Å². The van der Waals surface area contributed by atoms with Crippen LogP contribution in [0.4, 0.5) is 0 Å². The number of guanidine groups is 1. The van der Waals surface area contributed by atoms with Crippen molar-refractivity contribution in [2.75, 3.05) is 33.9 Å². The van der Waals surface area contributed by atoms with Gasteiger partial charge < -0.3 is 19.7 Å². The van der Waals surface area contributed by atoms with Crippen LogP contribution in [0.1, 0.15) is 51.2 Å². The highest BCUT2D eigenvalue weighted by atomic mass is 127. The van der Waals surface area contributed by atoms with Crippen LogP contribution in [0.3, 0.4) is 0 Å². The Hall–Kier alpha value is -1.02. The predicted molar refractivity (Wildman–Crippen MR) is 128 cm³/mol. The van der Waals surface area contributed by atoms with Gasteiger partial charge in [0.15, 0.2) is 5.96 Å². The molecule has 1 aromatic rings. The van der Waals surface area contributed by atoms with E-state index >= 15 is 0 Å². The predicted octanol–water partition coefficient (Wildman–Crippen LogP) is 4.61. The van der Waals surface area contributed by atoms with Gasteiger partial charge in [-0.3, -0.25) is 4.99 Å². The highest BCUT2D eigenvalue weighted by molar-refractivity contribution is 14.0. The van der Waals surface area contributed by atoms with E-state index in [0.717, 1.165) is 42.9 Å². The molecule has 1 N–H and O–H groups in total. The molecule has 160 valence electrons. The average molecular weight is 503 g/mol. The van der Waals surface area contributed by atoms with E-state index in [1.54, 1.807) is 0 Å². The van der Waals surface area contributed by atoms with Gasteiger partial charge in [0, 0.05) is 46.0 Å². The molecule has 1 aromatic carbocycles. The van der Waals surface area contributed by atoms with Crippen molar-refractivity contribution >= 4 is 29.9 Å². The molecule has 0 saturated carbocycles. The van der Waals surface area contributed by atoms with Crippen LogP contribution in [0.15, 0.2) is 23.2 Å². The van der Waals surface area contributed by atoms with Crippen LogP contribution in [0.2, 0.25) is 0 Å². The molecule has 0 amide bonds. The van der Waals surface area contributed by atoms with Gasteiger partial charge in [-0.1, -0.05) is 12.1 Å². The molecular formula is C22H38IN3O2. The lowest BCUT2D eigenvalue weighted by Crippen LogP contribution is -2.39. The molecular weight excluding hydrogens is 465 g/mol. The summed E-state index contributed by atoms with van der Waals surface area (Å²) >= 11 is 0. The van der Waals surface area contributed by atoms with Crippen molar-refractivity contribution in [2.24, 2.45) is 10.9 Å². The molecule has 2 rings (SSSR count). The Morgan fingerprint density at radius 2 is 1.96 bits per heavy atom. The van der Waals surface area contributed by atoms with Crippen LogP contribution in [-0.4, -0.2) is 50.3 Å². The molecule has 0 unspecified atom stereocenters. The Bertz CT molecular complexity index is 623. The highest BCUT2D eigenvalue weighted by Gasteiger charge is 2.17. The Morgan fingerprint density at radius 3 is 2.57 bits per heavy atom. The summed E-state index contributed by atoms with van der Waals surface area (Å²) in [6.07, 6.45) is 3.54. The number of benzene rings is 1. The van der Waals surface area contributed by atoms with Gasteiger partial charge in [-0.15, -0.1) is 24.0 Å². The van der Waals surface area contributed by atoms with Gasteiger partial charge >= 0.3 is 0 Å². The second kappa shape index (κ2) is 11.9. The minimum atomic E-state index is -0.218. The Morgan fingerprint density at radius 1 is 1.29 bits per heavy atom. The van der Waals surface area contributed by atoms with Crippen LogP contribution in [0.25, 0.3) is 0 Å². The van der Waals surface area contributed by atoms with Crippen molar-refractivity contribution in [3.8, 4) is 5.75 Å². The van der Waals surface area contributed by atoms with Crippen LogP contribution in [0.5, 0.6) is 5.75 Å². The largest absolute Gasteiger partial charge is 0.488 e. The fourth-order valence-electron chi connectivity index (χ4n) is 3.31. The van der Waals surface area contributed by atoms with Gasteiger partial charge in [-0.25, -0.2) is 0 Å². The summed E-state index contributed by atoms with van der Waals surface area (Å²) in [5.41, 5.74) is 2.13. The lowest BCUT2D eigenvalue weighted by atomic mass is 9.96. The van der Waals surface area contributed by atoms with E-state index < -0.39 is 0 Å². The normalized spacial score (nSPS) is 15.7. The first-order chi connectivity index (χ1) is 12.8. The molecule has 0 aromatic heterocycles. The number of rotatable bonds is 6. The third-order valence-corrected chi connectivity index (χ3v) is 4.86. The Balaban J connectivity index is 0.00000392. The topological polar surface area (TPSA) is 46.1 Å². The third-order valence-electron chi connectivity index (χ3n) is 4.86. The van der Waals surface area contributed by atoms with Crippen molar-refractivity contribution in [3.63, 3.8) is 0 Å². The number of ether oxygens (including phenoxy) is 2. The number of halogens is 1. The van der Waals surface area contributed by atoms with Crippen molar-refractivity contribution in [1.82, 2.24) is 10.2 Å². The monoisotopic (exact) mass is 503 g/mol. The maximum Gasteiger partial charge on any atom is 0.193 e. The maximum absolute atomic E-state index is 6.16. The smallest absolute Gasteiger partial charge is 0.193 e. The number of aryl methyl sites for hydroxylation is 1. The summed E-state index contributed by atoms with van der Waals surface area (Å²) < 4.78 is 11.6. The van der Waals surface area contributed by atoms with Crippen molar-refractivity contribution in [1.29, 1.82) is 0 Å². The van der Waals surface area contributed by atoms with E-state index in [1.807, 2.05) is 7.05 Å². The summed E-state index contributed by atoms with van der Waals surface area (Å²) in [5.74, 6) is 2.63. The van der Waals surface area contributed by atoms with Gasteiger partial charge in [0.05, 0.1) is 0 Å². The van der Waals surface area contributed by atoms with Gasteiger partial charge in [-0.05, 0) is 64.5 Å². The van der Waals surface area contributed by atoms with Crippen molar-refractivity contribution in [2.45, 2.75) is 59.1 Å². The van der Waals surface area contributed by atoms with E-state index in [1.165, 1.54) is 24.8 Å². The maximum atomic E-state index is 6.16. The standard InChI is InChI=1S/C22H37N3O2.HI/c1-17-7-8-19(20(15-17)27-22(2,3)4)16-24-21(23-5)25(6)12-9-18-10-13-26-14-11-18;/h7-8,15,18H,9-14,16H2,1-6H3,(H,23,24);1H. The van der Waals surface area contributed by atoms with Gasteiger partial charge in [0.2, 0.25) is 0 Å². The highest BCUT2D eigenvalue weighted by Crippen LogP contribution is 2.25. The number of hydrogen-bond acceptors (Lipinski definition) is 3. The van der Waals surface area contributed by atoms with Gasteiger partial charge in [0.1, 0.15) is 11.4 Å². The Labute approximate surface area is 188 Å². The molecule has 6 heteroatoms. The first-order valence-corrected chi connectivity index (χ1v) is 10.1. The third kappa shape index (κ3) is 8.55.